The first-order valence-corrected chi connectivity index (χ1v) is 14.9. The molecule has 11 heteroatoms. The van der Waals surface area contributed by atoms with Gasteiger partial charge in [-0.25, -0.2) is 8.42 Å². The third-order valence-electron chi connectivity index (χ3n) is 6.52. The molecular weight excluding hydrogens is 555 g/mol. The van der Waals surface area contributed by atoms with E-state index in [9.17, 15) is 31.2 Å². The SMILES string of the molecule is CC(C)C[C@H](N[C@@H](c1ccc(-c2ccc(S(C)(=O)=O)cc2)cc1)C(F)(F)F)C(=O)N[C@H](Cc1ccccc1)C(N)=O. The molecule has 7 nitrogen and oxygen atoms in total. The minimum absolute atomic E-state index is 0.0833. The number of hydrogen-bond acceptors (Lipinski definition) is 5. The molecule has 0 spiro atoms. The molecule has 0 aromatic heterocycles. The van der Waals surface area contributed by atoms with Gasteiger partial charge in [-0.3, -0.25) is 14.9 Å². The zero-order chi connectivity index (χ0) is 30.4. The largest absolute Gasteiger partial charge is 0.407 e. The van der Waals surface area contributed by atoms with Crippen molar-refractivity contribution in [2.45, 2.75) is 55.9 Å². The van der Waals surface area contributed by atoms with Gasteiger partial charge in [-0.1, -0.05) is 80.6 Å². The van der Waals surface area contributed by atoms with Crippen molar-refractivity contribution < 1.29 is 31.2 Å². The predicted octanol–water partition coefficient (Wildman–Crippen LogP) is 4.58. The van der Waals surface area contributed by atoms with Gasteiger partial charge in [-0.15, -0.1) is 0 Å². The van der Waals surface area contributed by atoms with E-state index < -0.39 is 46.0 Å². The highest BCUT2D eigenvalue weighted by molar-refractivity contribution is 7.90. The first-order valence-electron chi connectivity index (χ1n) is 13.0. The third-order valence-corrected chi connectivity index (χ3v) is 7.65. The van der Waals surface area contributed by atoms with Crippen molar-refractivity contribution in [1.82, 2.24) is 10.6 Å². The molecule has 2 amide bonds. The molecule has 3 atom stereocenters. The van der Waals surface area contributed by atoms with Crippen LogP contribution >= 0.6 is 0 Å². The number of nitrogens with one attached hydrogen (secondary N) is 2. The molecule has 0 aliphatic rings. The molecule has 220 valence electrons. The lowest BCUT2D eigenvalue weighted by molar-refractivity contribution is -0.161. The minimum Gasteiger partial charge on any atom is -0.368 e. The molecule has 3 aromatic rings. The summed E-state index contributed by atoms with van der Waals surface area (Å²) in [6.45, 7) is 3.56. The van der Waals surface area contributed by atoms with Crippen LogP contribution in [0.3, 0.4) is 0 Å². The molecule has 4 N–H and O–H groups in total. The lowest BCUT2D eigenvalue weighted by Gasteiger charge is -2.29. The molecule has 41 heavy (non-hydrogen) atoms. The van der Waals surface area contributed by atoms with Gasteiger partial charge in [-0.2, -0.15) is 13.2 Å². The second-order valence-electron chi connectivity index (χ2n) is 10.4. The molecule has 3 aromatic carbocycles. The second kappa shape index (κ2) is 13.3. The fourth-order valence-electron chi connectivity index (χ4n) is 4.41. The number of rotatable bonds is 12. The summed E-state index contributed by atoms with van der Waals surface area (Å²) in [7, 11) is -3.38. The molecule has 0 bridgehead atoms. The van der Waals surface area contributed by atoms with Crippen molar-refractivity contribution in [3.8, 4) is 11.1 Å². The lowest BCUT2D eigenvalue weighted by atomic mass is 9.97. The van der Waals surface area contributed by atoms with Crippen molar-refractivity contribution in [2.24, 2.45) is 11.7 Å². The Bertz CT molecular complexity index is 1430. The van der Waals surface area contributed by atoms with Gasteiger partial charge in [-0.05, 0) is 46.7 Å². The first kappa shape index (κ1) is 31.8. The van der Waals surface area contributed by atoms with Crippen molar-refractivity contribution in [1.29, 1.82) is 0 Å². The number of benzene rings is 3. The Morgan fingerprint density at radius 3 is 1.85 bits per heavy atom. The van der Waals surface area contributed by atoms with Crippen molar-refractivity contribution >= 4 is 21.7 Å². The van der Waals surface area contributed by atoms with Gasteiger partial charge in [0.05, 0.1) is 10.9 Å². The van der Waals surface area contributed by atoms with Crippen molar-refractivity contribution in [3.63, 3.8) is 0 Å². The van der Waals surface area contributed by atoms with Gasteiger partial charge in [0.25, 0.3) is 0 Å². The molecule has 0 fully saturated rings. The van der Waals surface area contributed by atoms with Crippen LogP contribution in [0, 0.1) is 5.92 Å². The summed E-state index contributed by atoms with van der Waals surface area (Å²) in [5.74, 6) is -1.68. The van der Waals surface area contributed by atoms with E-state index in [-0.39, 0.29) is 29.2 Å². The highest BCUT2D eigenvalue weighted by atomic mass is 32.2. The Morgan fingerprint density at radius 1 is 0.854 bits per heavy atom. The predicted molar refractivity (Wildman–Crippen MR) is 151 cm³/mol. The van der Waals surface area contributed by atoms with E-state index in [1.807, 2.05) is 0 Å². The monoisotopic (exact) mass is 589 g/mol. The summed E-state index contributed by atoms with van der Waals surface area (Å²) in [5.41, 5.74) is 7.36. The van der Waals surface area contributed by atoms with E-state index in [4.69, 9.17) is 5.73 Å². The topological polar surface area (TPSA) is 118 Å². The summed E-state index contributed by atoms with van der Waals surface area (Å²) in [6, 6.07) is 16.0. The van der Waals surface area contributed by atoms with Crippen LogP contribution in [0.25, 0.3) is 11.1 Å². The molecule has 0 saturated heterocycles. The Kier molecular flexibility index (Phi) is 10.3. The van der Waals surface area contributed by atoms with Gasteiger partial charge in [0.2, 0.25) is 11.8 Å². The molecule has 0 radical (unpaired) electrons. The quantitative estimate of drug-likeness (QED) is 0.286. The van der Waals surface area contributed by atoms with Gasteiger partial charge in [0.15, 0.2) is 9.84 Å². The van der Waals surface area contributed by atoms with Crippen LogP contribution in [-0.4, -0.2) is 44.7 Å². The zero-order valence-electron chi connectivity index (χ0n) is 23.0. The highest BCUT2D eigenvalue weighted by Crippen LogP contribution is 2.35. The van der Waals surface area contributed by atoms with Gasteiger partial charge in [0.1, 0.15) is 12.1 Å². The standard InChI is InChI=1S/C30H34F3N3O4S/c1-19(2)17-26(29(38)36-25(28(34)37)18-20-7-5-4-6-8-20)35-27(30(31,32)33)23-11-9-21(10-12-23)22-13-15-24(16-14-22)41(3,39)40/h4-16,19,25-27,35H,17-18H2,1-3H3,(H2,34,37)(H,36,38)/t25-,26+,27+/m1/s1. The van der Waals surface area contributed by atoms with Crippen LogP contribution in [0.15, 0.2) is 83.8 Å². The Labute approximate surface area is 238 Å². The third kappa shape index (κ3) is 9.15. The molecule has 0 saturated carbocycles. The van der Waals surface area contributed by atoms with Crippen LogP contribution < -0.4 is 16.4 Å². The molecule has 0 unspecified atom stereocenters. The number of carbonyl (C=O) groups is 2. The number of hydrogen-bond donors (Lipinski definition) is 3. The Hall–Kier alpha value is -3.70. The lowest BCUT2D eigenvalue weighted by Crippen LogP contribution is -2.54. The van der Waals surface area contributed by atoms with Gasteiger partial charge < -0.3 is 11.1 Å². The summed E-state index contributed by atoms with van der Waals surface area (Å²) in [5, 5.41) is 5.02. The average Bonchev–Trinajstić information content (AvgIpc) is 2.90. The number of primary amides is 1. The van der Waals surface area contributed by atoms with Crippen molar-refractivity contribution in [3.05, 3.63) is 90.0 Å². The van der Waals surface area contributed by atoms with Crippen LogP contribution in [-0.2, 0) is 25.8 Å². The molecule has 0 heterocycles. The Balaban J connectivity index is 1.83. The van der Waals surface area contributed by atoms with Crippen LogP contribution in [0.1, 0.15) is 37.4 Å². The van der Waals surface area contributed by atoms with Gasteiger partial charge >= 0.3 is 6.18 Å². The van der Waals surface area contributed by atoms with E-state index in [0.717, 1.165) is 11.8 Å². The van der Waals surface area contributed by atoms with E-state index in [1.54, 1.807) is 56.3 Å². The van der Waals surface area contributed by atoms with E-state index in [0.29, 0.717) is 11.1 Å². The summed E-state index contributed by atoms with van der Waals surface area (Å²) >= 11 is 0. The van der Waals surface area contributed by atoms with Crippen LogP contribution in [0.4, 0.5) is 13.2 Å². The highest BCUT2D eigenvalue weighted by Gasteiger charge is 2.43. The smallest absolute Gasteiger partial charge is 0.368 e. The fraction of sp³-hybridized carbons (Fsp3) is 0.333. The summed E-state index contributed by atoms with van der Waals surface area (Å²) < 4.78 is 66.3. The maximum absolute atomic E-state index is 14.3. The van der Waals surface area contributed by atoms with Crippen molar-refractivity contribution in [2.75, 3.05) is 6.26 Å². The van der Waals surface area contributed by atoms with Crippen LogP contribution in [0.5, 0.6) is 0 Å². The number of amides is 2. The fourth-order valence-corrected chi connectivity index (χ4v) is 5.04. The maximum Gasteiger partial charge on any atom is 0.407 e. The second-order valence-corrected chi connectivity index (χ2v) is 12.4. The van der Waals surface area contributed by atoms with E-state index >= 15 is 0 Å². The number of nitrogens with two attached hydrogens (primary N) is 1. The van der Waals surface area contributed by atoms with E-state index in [2.05, 4.69) is 10.6 Å². The zero-order valence-corrected chi connectivity index (χ0v) is 23.8. The van der Waals surface area contributed by atoms with Gasteiger partial charge in [0, 0.05) is 12.7 Å². The number of sulfone groups is 1. The Morgan fingerprint density at radius 2 is 1.39 bits per heavy atom. The van der Waals surface area contributed by atoms with E-state index in [1.165, 1.54) is 36.4 Å². The normalized spacial score (nSPS) is 14.3. The molecular formula is C30H34F3N3O4S. The number of carbonyl (C=O) groups excluding carboxylic acids is 2. The molecule has 0 aliphatic heterocycles. The molecule has 0 aliphatic carbocycles. The minimum atomic E-state index is -4.73. The summed E-state index contributed by atoms with van der Waals surface area (Å²) in [6.07, 6.45) is -3.46. The number of halogens is 3. The average molecular weight is 590 g/mol. The molecule has 3 rings (SSSR count). The first-order chi connectivity index (χ1) is 19.1. The number of alkyl halides is 3. The van der Waals surface area contributed by atoms with Crippen LogP contribution in [0.2, 0.25) is 0 Å². The summed E-state index contributed by atoms with van der Waals surface area (Å²) in [4.78, 5) is 25.4. The maximum atomic E-state index is 14.3.